The van der Waals surface area contributed by atoms with Crippen molar-refractivity contribution in [1.82, 2.24) is 0 Å². The molecule has 0 saturated heterocycles. The first-order valence-electron chi connectivity index (χ1n) is 4.03. The molecular formula is C9H12O4S. The number of phenols is 1. The van der Waals surface area contributed by atoms with E-state index in [2.05, 4.69) is 0 Å². The number of aliphatic hydroxyl groups excluding tert-OH is 1. The van der Waals surface area contributed by atoms with Gasteiger partial charge in [-0.05, 0) is 24.6 Å². The SMILES string of the molecule is CC(O)c1ccc(S(C)(=O)=O)c(O)c1. The van der Waals surface area contributed by atoms with E-state index in [1.807, 2.05) is 0 Å². The van der Waals surface area contributed by atoms with Gasteiger partial charge in [-0.15, -0.1) is 0 Å². The third-order valence-corrected chi connectivity index (χ3v) is 3.01. The lowest BCUT2D eigenvalue weighted by Gasteiger charge is -2.07. The topological polar surface area (TPSA) is 74.6 Å². The molecule has 0 aliphatic carbocycles. The number of hydrogen-bond donors (Lipinski definition) is 2. The van der Waals surface area contributed by atoms with Crippen LogP contribution in [0.2, 0.25) is 0 Å². The van der Waals surface area contributed by atoms with Crippen LogP contribution in [0.5, 0.6) is 5.75 Å². The van der Waals surface area contributed by atoms with Crippen LogP contribution in [0.4, 0.5) is 0 Å². The van der Waals surface area contributed by atoms with E-state index in [0.717, 1.165) is 6.26 Å². The highest BCUT2D eigenvalue weighted by molar-refractivity contribution is 7.90. The zero-order chi connectivity index (χ0) is 10.9. The maximum Gasteiger partial charge on any atom is 0.179 e. The summed E-state index contributed by atoms with van der Waals surface area (Å²) in [6, 6.07) is 4.01. The van der Waals surface area contributed by atoms with Gasteiger partial charge in [-0.3, -0.25) is 0 Å². The minimum Gasteiger partial charge on any atom is -0.507 e. The Labute approximate surface area is 82.7 Å². The van der Waals surface area contributed by atoms with Gasteiger partial charge in [0.05, 0.1) is 6.10 Å². The van der Waals surface area contributed by atoms with Crippen LogP contribution in [-0.4, -0.2) is 24.9 Å². The minimum atomic E-state index is -3.41. The molecule has 1 unspecified atom stereocenters. The summed E-state index contributed by atoms with van der Waals surface area (Å²) in [6.07, 6.45) is 0.291. The first kappa shape index (κ1) is 11.0. The summed E-state index contributed by atoms with van der Waals surface area (Å²) < 4.78 is 22.2. The third-order valence-electron chi connectivity index (χ3n) is 1.86. The Morgan fingerprint density at radius 2 is 1.93 bits per heavy atom. The quantitative estimate of drug-likeness (QED) is 0.768. The maximum absolute atomic E-state index is 11.1. The molecule has 1 aromatic carbocycles. The van der Waals surface area contributed by atoms with Crippen molar-refractivity contribution < 1.29 is 18.6 Å². The summed E-state index contributed by atoms with van der Waals surface area (Å²) >= 11 is 0. The first-order chi connectivity index (χ1) is 6.32. The molecule has 0 aliphatic heterocycles. The molecule has 0 amide bonds. The van der Waals surface area contributed by atoms with Gasteiger partial charge < -0.3 is 10.2 Å². The Morgan fingerprint density at radius 3 is 2.29 bits per heavy atom. The number of benzene rings is 1. The number of phenolic OH excluding ortho intramolecular Hbond substituents is 1. The molecule has 0 bridgehead atoms. The fourth-order valence-electron chi connectivity index (χ4n) is 1.11. The summed E-state index contributed by atoms with van der Waals surface area (Å²) in [5.41, 5.74) is 0.481. The summed E-state index contributed by atoms with van der Waals surface area (Å²) in [4.78, 5) is -0.123. The zero-order valence-corrected chi connectivity index (χ0v) is 8.75. The number of hydrogen-bond acceptors (Lipinski definition) is 4. The van der Waals surface area contributed by atoms with Gasteiger partial charge in [-0.1, -0.05) is 6.07 Å². The van der Waals surface area contributed by atoms with E-state index in [4.69, 9.17) is 0 Å². The average molecular weight is 216 g/mol. The van der Waals surface area contributed by atoms with Crippen LogP contribution < -0.4 is 0 Å². The van der Waals surface area contributed by atoms with E-state index in [1.165, 1.54) is 25.1 Å². The Morgan fingerprint density at radius 1 is 1.36 bits per heavy atom. The van der Waals surface area contributed by atoms with Crippen molar-refractivity contribution in [3.05, 3.63) is 23.8 Å². The lowest BCUT2D eigenvalue weighted by molar-refractivity contribution is 0.198. The van der Waals surface area contributed by atoms with Crippen molar-refractivity contribution in [3.63, 3.8) is 0 Å². The van der Waals surface area contributed by atoms with Gasteiger partial charge >= 0.3 is 0 Å². The molecule has 0 aromatic heterocycles. The first-order valence-corrected chi connectivity index (χ1v) is 5.92. The van der Waals surface area contributed by atoms with Gasteiger partial charge in [-0.25, -0.2) is 8.42 Å². The van der Waals surface area contributed by atoms with Gasteiger partial charge in [0.25, 0.3) is 0 Å². The fourth-order valence-corrected chi connectivity index (χ4v) is 1.86. The highest BCUT2D eigenvalue weighted by Gasteiger charge is 2.14. The second-order valence-corrected chi connectivity index (χ2v) is 5.16. The molecular weight excluding hydrogens is 204 g/mol. The van der Waals surface area contributed by atoms with E-state index in [-0.39, 0.29) is 10.6 Å². The van der Waals surface area contributed by atoms with E-state index in [0.29, 0.717) is 5.56 Å². The molecule has 1 rings (SSSR count). The van der Waals surface area contributed by atoms with Crippen LogP contribution in [0.25, 0.3) is 0 Å². The minimum absolute atomic E-state index is 0.123. The van der Waals surface area contributed by atoms with Crippen molar-refractivity contribution in [2.75, 3.05) is 6.26 Å². The van der Waals surface area contributed by atoms with Gasteiger partial charge in [0.2, 0.25) is 0 Å². The number of aromatic hydroxyl groups is 1. The smallest absolute Gasteiger partial charge is 0.179 e. The van der Waals surface area contributed by atoms with E-state index >= 15 is 0 Å². The maximum atomic E-state index is 11.1. The molecule has 0 aliphatic rings. The predicted octanol–water partition coefficient (Wildman–Crippen LogP) is 0.849. The molecule has 0 radical (unpaired) electrons. The number of sulfone groups is 1. The van der Waals surface area contributed by atoms with Crippen LogP contribution in [-0.2, 0) is 9.84 Å². The van der Waals surface area contributed by atoms with Crippen molar-refractivity contribution in [2.45, 2.75) is 17.9 Å². The summed E-state index contributed by atoms with van der Waals surface area (Å²) in [5.74, 6) is -0.328. The highest BCUT2D eigenvalue weighted by atomic mass is 32.2. The molecule has 0 heterocycles. The molecule has 5 heteroatoms. The lowest BCUT2D eigenvalue weighted by atomic mass is 10.1. The highest BCUT2D eigenvalue weighted by Crippen LogP contribution is 2.26. The van der Waals surface area contributed by atoms with Crippen LogP contribution in [0.15, 0.2) is 23.1 Å². The summed E-state index contributed by atoms with van der Waals surface area (Å²) in [7, 11) is -3.41. The summed E-state index contributed by atoms with van der Waals surface area (Å²) in [6.45, 7) is 1.54. The van der Waals surface area contributed by atoms with Crippen LogP contribution in [0.3, 0.4) is 0 Å². The molecule has 1 atom stereocenters. The summed E-state index contributed by atoms with van der Waals surface area (Å²) in [5, 5.41) is 18.6. The number of rotatable bonds is 2. The molecule has 14 heavy (non-hydrogen) atoms. The Balaban J connectivity index is 3.28. The van der Waals surface area contributed by atoms with Crippen LogP contribution >= 0.6 is 0 Å². The largest absolute Gasteiger partial charge is 0.507 e. The second-order valence-electron chi connectivity index (χ2n) is 3.18. The van der Waals surface area contributed by atoms with E-state index in [1.54, 1.807) is 0 Å². The van der Waals surface area contributed by atoms with Gasteiger partial charge in [0.15, 0.2) is 9.84 Å². The third kappa shape index (κ3) is 2.24. The molecule has 2 N–H and O–H groups in total. The molecule has 1 aromatic rings. The van der Waals surface area contributed by atoms with Gasteiger partial charge in [0.1, 0.15) is 10.6 Å². The van der Waals surface area contributed by atoms with Crippen molar-refractivity contribution in [2.24, 2.45) is 0 Å². The monoisotopic (exact) mass is 216 g/mol. The second kappa shape index (κ2) is 3.59. The average Bonchev–Trinajstić information content (AvgIpc) is 2.01. The molecule has 78 valence electrons. The van der Waals surface area contributed by atoms with Gasteiger partial charge in [-0.2, -0.15) is 0 Å². The number of aliphatic hydroxyl groups is 1. The molecule has 4 nitrogen and oxygen atoms in total. The van der Waals surface area contributed by atoms with Crippen molar-refractivity contribution in [1.29, 1.82) is 0 Å². The standard InChI is InChI=1S/C9H12O4S/c1-6(10)7-3-4-9(8(11)5-7)14(2,12)13/h3-6,10-11H,1-2H3. The molecule has 0 fully saturated rings. The Bertz CT molecular complexity index is 434. The normalized spacial score (nSPS) is 13.9. The molecule has 0 spiro atoms. The van der Waals surface area contributed by atoms with E-state index < -0.39 is 15.9 Å². The Kier molecular flexibility index (Phi) is 2.82. The van der Waals surface area contributed by atoms with Crippen molar-refractivity contribution in [3.8, 4) is 5.75 Å². The lowest BCUT2D eigenvalue weighted by Crippen LogP contribution is -1.99. The zero-order valence-electron chi connectivity index (χ0n) is 7.93. The van der Waals surface area contributed by atoms with Crippen LogP contribution in [0.1, 0.15) is 18.6 Å². The fraction of sp³-hybridized carbons (Fsp3) is 0.333. The predicted molar refractivity (Wildman–Crippen MR) is 51.9 cm³/mol. The van der Waals surface area contributed by atoms with Crippen LogP contribution in [0, 0.1) is 0 Å². The Hall–Kier alpha value is -1.07. The van der Waals surface area contributed by atoms with Crippen molar-refractivity contribution >= 4 is 9.84 Å². The van der Waals surface area contributed by atoms with Gasteiger partial charge in [0, 0.05) is 6.26 Å². The molecule has 0 saturated carbocycles. The van der Waals surface area contributed by atoms with E-state index in [9.17, 15) is 18.6 Å².